The average molecular weight is 288 g/mol. The van der Waals surface area contributed by atoms with E-state index in [0.29, 0.717) is 0 Å². The lowest BCUT2D eigenvalue weighted by Crippen LogP contribution is -2.54. The SMILES string of the molecule is CCC1(NC(=O)Nc2ccc(C(F)(F)F)nn2)CCC1. The smallest absolute Gasteiger partial charge is 0.332 e. The molecule has 0 radical (unpaired) electrons. The molecule has 1 aliphatic rings. The van der Waals surface area contributed by atoms with Gasteiger partial charge in [0.1, 0.15) is 0 Å². The second kappa shape index (κ2) is 5.26. The van der Waals surface area contributed by atoms with Gasteiger partial charge in [0.15, 0.2) is 11.5 Å². The fourth-order valence-electron chi connectivity index (χ4n) is 2.11. The molecule has 5 nitrogen and oxygen atoms in total. The summed E-state index contributed by atoms with van der Waals surface area (Å²) < 4.78 is 36.9. The lowest BCUT2D eigenvalue weighted by atomic mass is 9.75. The van der Waals surface area contributed by atoms with Gasteiger partial charge in [0.2, 0.25) is 0 Å². The number of anilines is 1. The molecule has 2 amide bonds. The predicted octanol–water partition coefficient (Wildman–Crippen LogP) is 2.95. The van der Waals surface area contributed by atoms with E-state index < -0.39 is 17.9 Å². The maximum atomic E-state index is 12.3. The molecular formula is C12H15F3N4O. The molecule has 8 heteroatoms. The highest BCUT2D eigenvalue weighted by Crippen LogP contribution is 2.34. The number of urea groups is 1. The van der Waals surface area contributed by atoms with E-state index in [4.69, 9.17) is 0 Å². The van der Waals surface area contributed by atoms with Crippen molar-refractivity contribution in [3.63, 3.8) is 0 Å². The zero-order valence-electron chi connectivity index (χ0n) is 10.9. The zero-order chi connectivity index (χ0) is 14.8. The highest BCUT2D eigenvalue weighted by molar-refractivity contribution is 5.88. The number of hydrogen-bond acceptors (Lipinski definition) is 3. The van der Waals surface area contributed by atoms with Crippen LogP contribution in [0.25, 0.3) is 0 Å². The summed E-state index contributed by atoms with van der Waals surface area (Å²) in [5.74, 6) is -0.0129. The second-order valence-corrected chi connectivity index (χ2v) is 4.87. The van der Waals surface area contributed by atoms with E-state index in [1.165, 1.54) is 0 Å². The maximum absolute atomic E-state index is 12.3. The normalized spacial score (nSPS) is 17.2. The van der Waals surface area contributed by atoms with Crippen LogP contribution in [0.2, 0.25) is 0 Å². The summed E-state index contributed by atoms with van der Waals surface area (Å²) in [6.45, 7) is 1.98. The standard InChI is InChI=1S/C12H15F3N4O/c1-2-11(6-3-7-11)17-10(20)16-9-5-4-8(18-19-9)12(13,14)15/h4-5H,2-3,6-7H2,1H3,(H2,16,17,19,20). The van der Waals surface area contributed by atoms with Gasteiger partial charge >= 0.3 is 12.2 Å². The molecule has 1 aromatic rings. The monoisotopic (exact) mass is 288 g/mol. The summed E-state index contributed by atoms with van der Waals surface area (Å²) >= 11 is 0. The Hall–Kier alpha value is -1.86. The molecule has 20 heavy (non-hydrogen) atoms. The van der Waals surface area contributed by atoms with E-state index in [1.54, 1.807) is 0 Å². The van der Waals surface area contributed by atoms with Gasteiger partial charge in [-0.05, 0) is 37.8 Å². The third kappa shape index (κ3) is 3.17. The van der Waals surface area contributed by atoms with Gasteiger partial charge in [-0.3, -0.25) is 5.32 Å². The molecule has 1 aliphatic carbocycles. The van der Waals surface area contributed by atoms with Crippen LogP contribution in [-0.2, 0) is 6.18 Å². The highest BCUT2D eigenvalue weighted by Gasteiger charge is 2.36. The lowest BCUT2D eigenvalue weighted by Gasteiger charge is -2.41. The minimum absolute atomic E-state index is 0.0129. The van der Waals surface area contributed by atoms with Crippen LogP contribution in [0.15, 0.2) is 12.1 Å². The average Bonchev–Trinajstić information content (AvgIpc) is 2.33. The molecular weight excluding hydrogens is 273 g/mol. The number of hydrogen-bond donors (Lipinski definition) is 2. The number of rotatable bonds is 3. The van der Waals surface area contributed by atoms with Crippen LogP contribution in [0, 0.1) is 0 Å². The number of halogens is 3. The molecule has 2 N–H and O–H groups in total. The highest BCUT2D eigenvalue weighted by atomic mass is 19.4. The topological polar surface area (TPSA) is 66.9 Å². The third-order valence-electron chi connectivity index (χ3n) is 3.56. The van der Waals surface area contributed by atoms with Gasteiger partial charge in [0, 0.05) is 5.54 Å². The van der Waals surface area contributed by atoms with Crippen LogP contribution in [0.5, 0.6) is 0 Å². The summed E-state index contributed by atoms with van der Waals surface area (Å²) in [4.78, 5) is 11.7. The van der Waals surface area contributed by atoms with Crippen molar-refractivity contribution in [2.45, 2.75) is 44.3 Å². The molecule has 0 spiro atoms. The van der Waals surface area contributed by atoms with Crippen LogP contribution < -0.4 is 10.6 Å². The quantitative estimate of drug-likeness (QED) is 0.898. The first-order valence-electron chi connectivity index (χ1n) is 6.35. The van der Waals surface area contributed by atoms with Gasteiger partial charge in [0.05, 0.1) is 0 Å². The number of nitrogens with zero attached hydrogens (tertiary/aromatic N) is 2. The summed E-state index contributed by atoms with van der Waals surface area (Å²) in [6.07, 6.45) is -0.829. The fraction of sp³-hybridized carbons (Fsp3) is 0.583. The van der Waals surface area contributed by atoms with Crippen molar-refractivity contribution in [3.05, 3.63) is 17.8 Å². The molecule has 0 aliphatic heterocycles. The minimum atomic E-state index is -4.54. The Morgan fingerprint density at radius 3 is 2.45 bits per heavy atom. The van der Waals surface area contributed by atoms with Crippen molar-refractivity contribution in [1.82, 2.24) is 15.5 Å². The third-order valence-corrected chi connectivity index (χ3v) is 3.56. The zero-order valence-corrected chi connectivity index (χ0v) is 10.9. The summed E-state index contributed by atoms with van der Waals surface area (Å²) in [6, 6.07) is 1.39. The van der Waals surface area contributed by atoms with Crippen molar-refractivity contribution < 1.29 is 18.0 Å². The summed E-state index contributed by atoms with van der Waals surface area (Å²) in [5.41, 5.74) is -1.28. The van der Waals surface area contributed by atoms with E-state index >= 15 is 0 Å². The van der Waals surface area contributed by atoms with Gasteiger partial charge in [0.25, 0.3) is 0 Å². The Morgan fingerprint density at radius 1 is 1.35 bits per heavy atom. The molecule has 0 bridgehead atoms. The molecule has 110 valence electrons. The van der Waals surface area contributed by atoms with Crippen molar-refractivity contribution in [2.24, 2.45) is 0 Å². The van der Waals surface area contributed by atoms with Crippen LogP contribution in [0.3, 0.4) is 0 Å². The van der Waals surface area contributed by atoms with Gasteiger partial charge in [-0.1, -0.05) is 6.92 Å². The van der Waals surface area contributed by atoms with Gasteiger partial charge in [-0.15, -0.1) is 10.2 Å². The molecule has 1 aromatic heterocycles. The molecule has 2 rings (SSSR count). The van der Waals surface area contributed by atoms with Crippen LogP contribution >= 0.6 is 0 Å². The molecule has 0 aromatic carbocycles. The lowest BCUT2D eigenvalue weighted by molar-refractivity contribution is -0.141. The van der Waals surface area contributed by atoms with Gasteiger partial charge < -0.3 is 5.32 Å². The maximum Gasteiger partial charge on any atom is 0.435 e. The van der Waals surface area contributed by atoms with Gasteiger partial charge in [-0.2, -0.15) is 13.2 Å². The first-order valence-corrected chi connectivity index (χ1v) is 6.35. The van der Waals surface area contributed by atoms with Crippen molar-refractivity contribution in [1.29, 1.82) is 0 Å². The fourth-order valence-corrected chi connectivity index (χ4v) is 2.11. The largest absolute Gasteiger partial charge is 0.435 e. The Bertz CT molecular complexity index is 477. The summed E-state index contributed by atoms with van der Waals surface area (Å²) in [7, 11) is 0. The number of amides is 2. The molecule has 0 atom stereocenters. The van der Waals surface area contributed by atoms with E-state index in [9.17, 15) is 18.0 Å². The molecule has 0 unspecified atom stereocenters. The molecule has 1 saturated carbocycles. The Labute approximate surface area is 114 Å². The predicted molar refractivity (Wildman–Crippen MR) is 66.1 cm³/mol. The van der Waals surface area contributed by atoms with E-state index in [0.717, 1.165) is 37.8 Å². The summed E-state index contributed by atoms with van der Waals surface area (Å²) in [5, 5.41) is 11.6. The van der Waals surface area contributed by atoms with E-state index in [-0.39, 0.29) is 11.4 Å². The van der Waals surface area contributed by atoms with Gasteiger partial charge in [-0.25, -0.2) is 4.79 Å². The van der Waals surface area contributed by atoms with Crippen LogP contribution in [0.1, 0.15) is 38.3 Å². The van der Waals surface area contributed by atoms with Crippen LogP contribution in [0.4, 0.5) is 23.8 Å². The Morgan fingerprint density at radius 2 is 2.05 bits per heavy atom. The van der Waals surface area contributed by atoms with Crippen molar-refractivity contribution in [3.8, 4) is 0 Å². The molecule has 1 fully saturated rings. The number of aromatic nitrogens is 2. The number of alkyl halides is 3. The first kappa shape index (κ1) is 14.5. The van der Waals surface area contributed by atoms with E-state index in [2.05, 4.69) is 20.8 Å². The number of carbonyl (C=O) groups is 1. The van der Waals surface area contributed by atoms with Crippen LogP contribution in [-0.4, -0.2) is 21.8 Å². The number of nitrogens with one attached hydrogen (secondary N) is 2. The minimum Gasteiger partial charge on any atom is -0.332 e. The molecule has 1 heterocycles. The van der Waals surface area contributed by atoms with E-state index in [1.807, 2.05) is 6.92 Å². The number of carbonyl (C=O) groups excluding carboxylic acids is 1. The molecule has 0 saturated heterocycles. The second-order valence-electron chi connectivity index (χ2n) is 4.87. The van der Waals surface area contributed by atoms with Crippen molar-refractivity contribution in [2.75, 3.05) is 5.32 Å². The Balaban J connectivity index is 1.95. The Kier molecular flexibility index (Phi) is 3.82. The first-order chi connectivity index (χ1) is 9.35. The van der Waals surface area contributed by atoms with Crippen molar-refractivity contribution >= 4 is 11.8 Å².